The summed E-state index contributed by atoms with van der Waals surface area (Å²) in [6.07, 6.45) is 1.64. The molecule has 0 bridgehead atoms. The number of halogens is 1. The summed E-state index contributed by atoms with van der Waals surface area (Å²) < 4.78 is 18.8. The zero-order chi connectivity index (χ0) is 14.1. The summed E-state index contributed by atoms with van der Waals surface area (Å²) in [5, 5.41) is 13.0. The van der Waals surface area contributed by atoms with Crippen LogP contribution in [0.3, 0.4) is 0 Å². The number of phenolic OH excluding ortho intramolecular Hbond substituents is 1. The molecule has 0 amide bonds. The summed E-state index contributed by atoms with van der Waals surface area (Å²) in [6, 6.07) is 7.38. The molecule has 3 aromatic rings. The van der Waals surface area contributed by atoms with Crippen molar-refractivity contribution in [1.29, 1.82) is 0 Å². The van der Waals surface area contributed by atoms with Crippen LogP contribution in [0.2, 0.25) is 0 Å². The Hall–Kier alpha value is -2.76. The van der Waals surface area contributed by atoms with E-state index in [-0.39, 0.29) is 23.0 Å². The average Bonchev–Trinajstić information content (AvgIpc) is 2.88. The average molecular weight is 271 g/mol. The standard InChI is InChI=1S/C14H10FN3O2/c1-8-4-5-16-12(6-8)13-17-14(20-18-13)10-3-2-9(19)7-11(10)15/h2-7,19H,1H3. The highest BCUT2D eigenvalue weighted by Crippen LogP contribution is 2.26. The number of aromatic hydroxyl groups is 1. The van der Waals surface area contributed by atoms with Crippen LogP contribution in [0.4, 0.5) is 4.39 Å². The topological polar surface area (TPSA) is 72.0 Å². The summed E-state index contributed by atoms with van der Waals surface area (Å²) in [5.41, 5.74) is 1.70. The van der Waals surface area contributed by atoms with Gasteiger partial charge in [0.2, 0.25) is 5.82 Å². The molecule has 0 aliphatic rings. The molecule has 1 aromatic carbocycles. The molecule has 2 aromatic heterocycles. The van der Waals surface area contributed by atoms with Gasteiger partial charge in [-0.2, -0.15) is 4.98 Å². The molecule has 0 saturated heterocycles. The minimum absolute atomic E-state index is 0.0424. The van der Waals surface area contributed by atoms with Crippen molar-refractivity contribution in [2.24, 2.45) is 0 Å². The fraction of sp³-hybridized carbons (Fsp3) is 0.0714. The second-order valence-electron chi connectivity index (χ2n) is 4.31. The molecule has 0 spiro atoms. The van der Waals surface area contributed by atoms with Gasteiger partial charge in [0.1, 0.15) is 17.3 Å². The highest BCUT2D eigenvalue weighted by Gasteiger charge is 2.15. The first-order chi connectivity index (χ1) is 9.63. The summed E-state index contributed by atoms with van der Waals surface area (Å²) >= 11 is 0. The van der Waals surface area contributed by atoms with Gasteiger partial charge < -0.3 is 9.63 Å². The van der Waals surface area contributed by atoms with Gasteiger partial charge in [0.15, 0.2) is 0 Å². The summed E-state index contributed by atoms with van der Waals surface area (Å²) in [4.78, 5) is 8.26. The summed E-state index contributed by atoms with van der Waals surface area (Å²) in [5.74, 6) is -0.458. The van der Waals surface area contributed by atoms with Gasteiger partial charge in [0.05, 0.1) is 5.56 Å². The van der Waals surface area contributed by atoms with Crippen molar-refractivity contribution in [3.8, 4) is 28.7 Å². The fourth-order valence-corrected chi connectivity index (χ4v) is 1.77. The summed E-state index contributed by atoms with van der Waals surface area (Å²) in [7, 11) is 0. The molecule has 3 rings (SSSR count). The molecule has 6 heteroatoms. The van der Waals surface area contributed by atoms with Crippen molar-refractivity contribution in [2.75, 3.05) is 0 Å². The number of hydrogen-bond acceptors (Lipinski definition) is 5. The molecular weight excluding hydrogens is 261 g/mol. The molecule has 0 unspecified atom stereocenters. The number of phenols is 1. The van der Waals surface area contributed by atoms with E-state index in [4.69, 9.17) is 4.52 Å². The Morgan fingerprint density at radius 3 is 2.80 bits per heavy atom. The highest BCUT2D eigenvalue weighted by molar-refractivity contribution is 5.59. The SMILES string of the molecule is Cc1ccnc(-c2noc(-c3ccc(O)cc3F)n2)c1. The molecule has 0 fully saturated rings. The van der Waals surface area contributed by atoms with Crippen LogP contribution in [0.25, 0.3) is 23.0 Å². The number of nitrogens with zero attached hydrogens (tertiary/aromatic N) is 3. The predicted molar refractivity (Wildman–Crippen MR) is 69.3 cm³/mol. The van der Waals surface area contributed by atoms with Crippen LogP contribution in [0.1, 0.15) is 5.56 Å². The van der Waals surface area contributed by atoms with Gasteiger partial charge in [-0.1, -0.05) is 5.16 Å². The van der Waals surface area contributed by atoms with Crippen molar-refractivity contribution in [3.63, 3.8) is 0 Å². The Morgan fingerprint density at radius 1 is 1.20 bits per heavy atom. The third kappa shape index (κ3) is 2.23. The van der Waals surface area contributed by atoms with E-state index in [0.29, 0.717) is 5.69 Å². The van der Waals surface area contributed by atoms with Gasteiger partial charge >= 0.3 is 0 Å². The Bertz CT molecular complexity index is 771. The number of hydrogen-bond donors (Lipinski definition) is 1. The molecule has 5 nitrogen and oxygen atoms in total. The lowest BCUT2D eigenvalue weighted by Crippen LogP contribution is -1.87. The molecule has 0 saturated carbocycles. The third-order valence-corrected chi connectivity index (χ3v) is 2.75. The molecular formula is C14H10FN3O2. The number of benzene rings is 1. The van der Waals surface area contributed by atoms with Crippen LogP contribution in [-0.2, 0) is 0 Å². The third-order valence-electron chi connectivity index (χ3n) is 2.75. The number of aryl methyl sites for hydroxylation is 1. The van der Waals surface area contributed by atoms with E-state index in [1.54, 1.807) is 6.20 Å². The van der Waals surface area contributed by atoms with Gasteiger partial charge in [-0.3, -0.25) is 4.98 Å². The van der Waals surface area contributed by atoms with Gasteiger partial charge in [0, 0.05) is 12.3 Å². The number of pyridine rings is 1. The maximum atomic E-state index is 13.7. The first kappa shape index (κ1) is 12.3. The lowest BCUT2D eigenvalue weighted by atomic mass is 10.2. The summed E-state index contributed by atoms with van der Waals surface area (Å²) in [6.45, 7) is 1.92. The van der Waals surface area contributed by atoms with Crippen LogP contribution in [0.5, 0.6) is 5.75 Å². The van der Waals surface area contributed by atoms with Gasteiger partial charge in [-0.05, 0) is 36.8 Å². The fourth-order valence-electron chi connectivity index (χ4n) is 1.77. The minimum Gasteiger partial charge on any atom is -0.508 e. The largest absolute Gasteiger partial charge is 0.508 e. The Morgan fingerprint density at radius 2 is 2.05 bits per heavy atom. The van der Waals surface area contributed by atoms with E-state index in [1.807, 2.05) is 19.1 Å². The lowest BCUT2D eigenvalue weighted by Gasteiger charge is -1.97. The highest BCUT2D eigenvalue weighted by atomic mass is 19.1. The number of aromatic nitrogens is 3. The van der Waals surface area contributed by atoms with E-state index in [9.17, 15) is 9.50 Å². The second kappa shape index (κ2) is 4.73. The Balaban J connectivity index is 2.02. The van der Waals surface area contributed by atoms with Crippen molar-refractivity contribution in [1.82, 2.24) is 15.1 Å². The van der Waals surface area contributed by atoms with Crippen LogP contribution in [-0.4, -0.2) is 20.2 Å². The molecule has 0 atom stereocenters. The quantitative estimate of drug-likeness (QED) is 0.775. The Labute approximate surface area is 113 Å². The number of rotatable bonds is 2. The van der Waals surface area contributed by atoms with Crippen LogP contribution in [0, 0.1) is 12.7 Å². The molecule has 0 radical (unpaired) electrons. The first-order valence-corrected chi connectivity index (χ1v) is 5.89. The van der Waals surface area contributed by atoms with Gasteiger partial charge in [-0.25, -0.2) is 4.39 Å². The Kier molecular flexibility index (Phi) is 2.90. The van der Waals surface area contributed by atoms with E-state index in [1.165, 1.54) is 12.1 Å². The van der Waals surface area contributed by atoms with E-state index >= 15 is 0 Å². The molecule has 100 valence electrons. The van der Waals surface area contributed by atoms with Gasteiger partial charge in [-0.15, -0.1) is 0 Å². The maximum Gasteiger partial charge on any atom is 0.261 e. The molecule has 1 N–H and O–H groups in total. The molecule has 0 aliphatic carbocycles. The van der Waals surface area contributed by atoms with Crippen molar-refractivity contribution in [2.45, 2.75) is 6.92 Å². The molecule has 20 heavy (non-hydrogen) atoms. The van der Waals surface area contributed by atoms with Crippen molar-refractivity contribution < 1.29 is 14.0 Å². The van der Waals surface area contributed by atoms with Crippen molar-refractivity contribution >= 4 is 0 Å². The zero-order valence-electron chi connectivity index (χ0n) is 10.5. The monoisotopic (exact) mass is 271 g/mol. The maximum absolute atomic E-state index is 13.7. The van der Waals surface area contributed by atoms with E-state index in [2.05, 4.69) is 15.1 Å². The molecule has 0 aliphatic heterocycles. The zero-order valence-corrected chi connectivity index (χ0v) is 10.5. The second-order valence-corrected chi connectivity index (χ2v) is 4.31. The normalized spacial score (nSPS) is 10.7. The first-order valence-electron chi connectivity index (χ1n) is 5.89. The van der Waals surface area contributed by atoms with Crippen LogP contribution >= 0.6 is 0 Å². The van der Waals surface area contributed by atoms with Crippen LogP contribution in [0.15, 0.2) is 41.1 Å². The van der Waals surface area contributed by atoms with Crippen LogP contribution < -0.4 is 0 Å². The van der Waals surface area contributed by atoms with E-state index < -0.39 is 5.82 Å². The predicted octanol–water partition coefficient (Wildman–Crippen LogP) is 2.95. The van der Waals surface area contributed by atoms with E-state index in [0.717, 1.165) is 11.6 Å². The smallest absolute Gasteiger partial charge is 0.261 e. The van der Waals surface area contributed by atoms with Gasteiger partial charge in [0.25, 0.3) is 5.89 Å². The van der Waals surface area contributed by atoms with Crippen molar-refractivity contribution in [3.05, 3.63) is 47.9 Å². The minimum atomic E-state index is -0.627. The molecule has 2 heterocycles. The lowest BCUT2D eigenvalue weighted by molar-refractivity contribution is 0.428.